The summed E-state index contributed by atoms with van der Waals surface area (Å²) in [4.78, 5) is 15.7. The molecule has 1 atom stereocenters. The van der Waals surface area contributed by atoms with Gasteiger partial charge in [0.15, 0.2) is 0 Å². The number of rotatable bonds is 3. The van der Waals surface area contributed by atoms with Crippen molar-refractivity contribution in [2.24, 2.45) is 0 Å². The highest BCUT2D eigenvalue weighted by Gasteiger charge is 2.08. The van der Waals surface area contributed by atoms with Gasteiger partial charge < -0.3 is 5.32 Å². The Morgan fingerprint density at radius 2 is 2.54 bits per heavy atom. The number of nitrogens with one attached hydrogen (secondary N) is 1. The Kier molecular flexibility index (Phi) is 3.87. The summed E-state index contributed by atoms with van der Waals surface area (Å²) in [5, 5.41) is 5.45. The summed E-state index contributed by atoms with van der Waals surface area (Å²) >= 11 is 4.83. The average molecular weight is 263 g/mol. The first-order chi connectivity index (χ1) is 6.09. The largest absolute Gasteiger partial charge is 0.350 e. The van der Waals surface area contributed by atoms with Gasteiger partial charge in [0.05, 0.1) is 5.01 Å². The molecule has 0 radical (unpaired) electrons. The molecule has 0 aliphatic rings. The van der Waals surface area contributed by atoms with Gasteiger partial charge >= 0.3 is 0 Å². The number of aryl methyl sites for hydroxylation is 1. The number of amides is 1. The lowest BCUT2D eigenvalue weighted by Crippen LogP contribution is -2.28. The number of halogens is 1. The highest BCUT2D eigenvalue weighted by Crippen LogP contribution is 2.07. The second-order valence-electron chi connectivity index (χ2n) is 2.74. The molecule has 13 heavy (non-hydrogen) atoms. The van der Waals surface area contributed by atoms with E-state index in [9.17, 15) is 4.79 Å². The van der Waals surface area contributed by atoms with Crippen LogP contribution in [0.25, 0.3) is 0 Å². The molecule has 0 bridgehead atoms. The first-order valence-electron chi connectivity index (χ1n) is 3.94. The van der Waals surface area contributed by atoms with Crippen molar-refractivity contribution in [2.45, 2.75) is 18.7 Å². The predicted octanol–water partition coefficient (Wildman–Crippen LogP) is 1.96. The van der Waals surface area contributed by atoms with Crippen LogP contribution in [0.1, 0.15) is 22.4 Å². The molecule has 1 amide bonds. The van der Waals surface area contributed by atoms with Gasteiger partial charge in [-0.25, -0.2) is 4.98 Å². The van der Waals surface area contributed by atoms with Crippen LogP contribution in [-0.4, -0.2) is 22.3 Å². The standard InChI is InChI=1S/C8H11BrN2OS/c1-5(9)3-10-8(12)7-4-13-6(2)11-7/h4-5H,3H2,1-2H3,(H,10,12). The molecule has 1 rings (SSSR count). The number of hydrogen-bond donors (Lipinski definition) is 1. The minimum Gasteiger partial charge on any atom is -0.350 e. The van der Waals surface area contributed by atoms with Crippen LogP contribution in [0.2, 0.25) is 0 Å². The van der Waals surface area contributed by atoms with Gasteiger partial charge in [-0.15, -0.1) is 11.3 Å². The Morgan fingerprint density at radius 3 is 3.00 bits per heavy atom. The molecule has 1 N–H and O–H groups in total. The molecule has 0 spiro atoms. The van der Waals surface area contributed by atoms with E-state index in [4.69, 9.17) is 0 Å². The molecule has 72 valence electrons. The summed E-state index contributed by atoms with van der Waals surface area (Å²) in [6.45, 7) is 4.48. The molecular formula is C8H11BrN2OS. The average Bonchev–Trinajstić information content (AvgIpc) is 2.47. The predicted molar refractivity (Wildman–Crippen MR) is 57.6 cm³/mol. The molecule has 0 saturated carbocycles. The topological polar surface area (TPSA) is 42.0 Å². The number of thiazole rings is 1. The van der Waals surface area contributed by atoms with E-state index in [1.165, 1.54) is 11.3 Å². The van der Waals surface area contributed by atoms with E-state index in [2.05, 4.69) is 26.2 Å². The number of aromatic nitrogens is 1. The fourth-order valence-corrected chi connectivity index (χ4v) is 1.55. The van der Waals surface area contributed by atoms with E-state index in [1.807, 2.05) is 13.8 Å². The minimum atomic E-state index is -0.101. The number of carbonyl (C=O) groups excluding carboxylic acids is 1. The summed E-state index contributed by atoms with van der Waals surface area (Å²) < 4.78 is 0. The molecular weight excluding hydrogens is 252 g/mol. The lowest BCUT2D eigenvalue weighted by Gasteiger charge is -2.03. The number of nitrogens with zero attached hydrogens (tertiary/aromatic N) is 1. The van der Waals surface area contributed by atoms with Gasteiger partial charge in [0, 0.05) is 16.8 Å². The summed E-state index contributed by atoms with van der Waals surface area (Å²) in [6.07, 6.45) is 0. The minimum absolute atomic E-state index is 0.101. The second-order valence-corrected chi connectivity index (χ2v) is 5.37. The van der Waals surface area contributed by atoms with Crippen molar-refractivity contribution in [3.05, 3.63) is 16.1 Å². The molecule has 0 saturated heterocycles. The van der Waals surface area contributed by atoms with Crippen molar-refractivity contribution in [1.29, 1.82) is 0 Å². The molecule has 1 aromatic heterocycles. The molecule has 1 aromatic rings. The van der Waals surface area contributed by atoms with Gasteiger partial charge in [0.2, 0.25) is 0 Å². The number of carbonyl (C=O) groups is 1. The van der Waals surface area contributed by atoms with Gasteiger partial charge in [0.1, 0.15) is 5.69 Å². The van der Waals surface area contributed by atoms with E-state index in [-0.39, 0.29) is 10.7 Å². The van der Waals surface area contributed by atoms with Gasteiger partial charge in [0.25, 0.3) is 5.91 Å². The zero-order valence-corrected chi connectivity index (χ0v) is 9.91. The van der Waals surface area contributed by atoms with Crippen LogP contribution in [0.4, 0.5) is 0 Å². The van der Waals surface area contributed by atoms with Crippen molar-refractivity contribution in [3.63, 3.8) is 0 Å². The fraction of sp³-hybridized carbons (Fsp3) is 0.500. The quantitative estimate of drug-likeness (QED) is 0.847. The molecule has 0 aromatic carbocycles. The van der Waals surface area contributed by atoms with Crippen LogP contribution >= 0.6 is 27.3 Å². The van der Waals surface area contributed by atoms with Crippen molar-refractivity contribution >= 4 is 33.2 Å². The monoisotopic (exact) mass is 262 g/mol. The van der Waals surface area contributed by atoms with Crippen LogP contribution in [0.5, 0.6) is 0 Å². The SMILES string of the molecule is Cc1nc(C(=O)NCC(C)Br)cs1. The Hall–Kier alpha value is -0.420. The molecule has 3 nitrogen and oxygen atoms in total. The molecule has 0 aliphatic carbocycles. The zero-order chi connectivity index (χ0) is 9.84. The van der Waals surface area contributed by atoms with Crippen molar-refractivity contribution < 1.29 is 4.79 Å². The van der Waals surface area contributed by atoms with E-state index in [1.54, 1.807) is 5.38 Å². The maximum Gasteiger partial charge on any atom is 0.270 e. The van der Waals surface area contributed by atoms with E-state index in [0.29, 0.717) is 12.2 Å². The third kappa shape index (κ3) is 3.44. The van der Waals surface area contributed by atoms with Crippen molar-refractivity contribution in [3.8, 4) is 0 Å². The molecule has 1 unspecified atom stereocenters. The van der Waals surface area contributed by atoms with Crippen LogP contribution in [0.3, 0.4) is 0 Å². The Labute approximate surface area is 89.7 Å². The van der Waals surface area contributed by atoms with E-state index < -0.39 is 0 Å². The fourth-order valence-electron chi connectivity index (χ4n) is 0.792. The summed E-state index contributed by atoms with van der Waals surface area (Å²) in [7, 11) is 0. The molecule has 5 heteroatoms. The Morgan fingerprint density at radius 1 is 1.85 bits per heavy atom. The normalized spacial score (nSPS) is 12.5. The van der Waals surface area contributed by atoms with Gasteiger partial charge in [-0.2, -0.15) is 0 Å². The molecule has 1 heterocycles. The first kappa shape index (κ1) is 10.7. The third-order valence-corrected chi connectivity index (χ3v) is 2.49. The summed E-state index contributed by atoms with van der Waals surface area (Å²) in [5.74, 6) is -0.101. The van der Waals surface area contributed by atoms with Crippen molar-refractivity contribution in [1.82, 2.24) is 10.3 Å². The summed E-state index contributed by atoms with van der Waals surface area (Å²) in [5.41, 5.74) is 0.510. The highest BCUT2D eigenvalue weighted by molar-refractivity contribution is 9.09. The first-order valence-corrected chi connectivity index (χ1v) is 5.73. The molecule has 0 fully saturated rings. The number of hydrogen-bond acceptors (Lipinski definition) is 3. The lowest BCUT2D eigenvalue weighted by atomic mass is 10.4. The van der Waals surface area contributed by atoms with Gasteiger partial charge in [-0.3, -0.25) is 4.79 Å². The van der Waals surface area contributed by atoms with Crippen LogP contribution in [0, 0.1) is 6.92 Å². The van der Waals surface area contributed by atoms with Crippen LogP contribution < -0.4 is 5.32 Å². The summed E-state index contributed by atoms with van der Waals surface area (Å²) in [6, 6.07) is 0. The van der Waals surface area contributed by atoms with Gasteiger partial charge in [-0.1, -0.05) is 22.9 Å². The van der Waals surface area contributed by atoms with Crippen LogP contribution in [0.15, 0.2) is 5.38 Å². The maximum atomic E-state index is 11.4. The highest BCUT2D eigenvalue weighted by atomic mass is 79.9. The molecule has 0 aliphatic heterocycles. The Balaban J connectivity index is 2.49. The zero-order valence-electron chi connectivity index (χ0n) is 7.50. The Bertz CT molecular complexity index is 298. The number of alkyl halides is 1. The smallest absolute Gasteiger partial charge is 0.270 e. The second kappa shape index (κ2) is 4.72. The maximum absolute atomic E-state index is 11.4. The van der Waals surface area contributed by atoms with Gasteiger partial charge in [-0.05, 0) is 6.92 Å². The van der Waals surface area contributed by atoms with Crippen molar-refractivity contribution in [2.75, 3.05) is 6.54 Å². The third-order valence-electron chi connectivity index (χ3n) is 1.40. The lowest BCUT2D eigenvalue weighted by molar-refractivity contribution is 0.0950. The van der Waals surface area contributed by atoms with E-state index in [0.717, 1.165) is 5.01 Å². The van der Waals surface area contributed by atoms with E-state index >= 15 is 0 Å². The van der Waals surface area contributed by atoms with Crippen LogP contribution in [-0.2, 0) is 0 Å².